The second kappa shape index (κ2) is 10.4. The van der Waals surface area contributed by atoms with Gasteiger partial charge in [-0.25, -0.2) is 0 Å². The largest absolute Gasteiger partial charge is 0.489 e. The van der Waals surface area contributed by atoms with Crippen molar-refractivity contribution in [2.24, 2.45) is 0 Å². The zero-order valence-electron chi connectivity index (χ0n) is 25.7. The lowest BCUT2D eigenvalue weighted by Crippen LogP contribution is -2.30. The molecule has 0 unspecified atom stereocenters. The third-order valence-corrected chi connectivity index (χ3v) is 11.0. The molecule has 0 aliphatic rings. The van der Waals surface area contributed by atoms with Gasteiger partial charge in [0.15, 0.2) is 0 Å². The maximum absolute atomic E-state index is 10.6. The van der Waals surface area contributed by atoms with Crippen LogP contribution in [0.3, 0.4) is 0 Å². The molecule has 0 radical (unpaired) electrons. The second-order valence-corrected chi connectivity index (χ2v) is 13.4. The molecule has 0 atom stereocenters. The summed E-state index contributed by atoms with van der Waals surface area (Å²) in [6.45, 7) is 0. The lowest BCUT2D eigenvalue weighted by atomic mass is 9.79. The van der Waals surface area contributed by atoms with Crippen molar-refractivity contribution in [1.82, 2.24) is 9.13 Å². The number of fused-ring (bicyclic) bond motifs is 9. The van der Waals surface area contributed by atoms with Gasteiger partial charge in [-0.1, -0.05) is 97.1 Å². The smallest absolute Gasteiger partial charge is 0.423 e. The Labute approximate surface area is 280 Å². The highest BCUT2D eigenvalue weighted by Crippen LogP contribution is 2.41. The molecular weight excluding hydrogens is 607 g/mol. The molecule has 2 N–H and O–H groups in total. The van der Waals surface area contributed by atoms with Crippen LogP contribution in [0.15, 0.2) is 152 Å². The van der Waals surface area contributed by atoms with Crippen molar-refractivity contribution in [1.29, 1.82) is 0 Å². The fourth-order valence-electron chi connectivity index (χ4n) is 7.67. The van der Waals surface area contributed by atoms with E-state index in [4.69, 9.17) is 0 Å². The topological polar surface area (TPSA) is 50.3 Å². The third kappa shape index (κ3) is 3.91. The first-order valence-corrected chi connectivity index (χ1v) is 16.9. The van der Waals surface area contributed by atoms with E-state index in [9.17, 15) is 10.0 Å². The van der Waals surface area contributed by atoms with Gasteiger partial charge in [-0.3, -0.25) is 0 Å². The lowest BCUT2D eigenvalue weighted by Gasteiger charge is -2.13. The van der Waals surface area contributed by atoms with E-state index >= 15 is 0 Å². The predicted octanol–water partition coefficient (Wildman–Crippen LogP) is 9.60. The molecule has 0 fully saturated rings. The normalized spacial score (nSPS) is 12.0. The molecule has 7 aromatic carbocycles. The zero-order valence-corrected chi connectivity index (χ0v) is 26.5. The van der Waals surface area contributed by atoms with E-state index < -0.39 is 7.12 Å². The van der Waals surface area contributed by atoms with E-state index in [0.29, 0.717) is 5.46 Å². The highest BCUT2D eigenvalue weighted by molar-refractivity contribution is 7.27. The summed E-state index contributed by atoms with van der Waals surface area (Å²) in [6.07, 6.45) is 0. The summed E-state index contributed by atoms with van der Waals surface area (Å²) in [4.78, 5) is 0. The van der Waals surface area contributed by atoms with Crippen molar-refractivity contribution in [3.05, 3.63) is 152 Å². The minimum Gasteiger partial charge on any atom is -0.423 e. The molecule has 48 heavy (non-hydrogen) atoms. The van der Waals surface area contributed by atoms with Crippen LogP contribution in [0.4, 0.5) is 0 Å². The summed E-state index contributed by atoms with van der Waals surface area (Å²) in [5.74, 6) is 0. The van der Waals surface area contributed by atoms with Crippen molar-refractivity contribution in [3.8, 4) is 22.5 Å². The first kappa shape index (κ1) is 27.5. The first-order chi connectivity index (χ1) is 23.7. The Balaban J connectivity index is 1.26. The molecule has 4 nitrogen and oxygen atoms in total. The predicted molar refractivity (Wildman–Crippen MR) is 203 cm³/mol. The van der Waals surface area contributed by atoms with Crippen molar-refractivity contribution in [3.63, 3.8) is 0 Å². The summed E-state index contributed by atoms with van der Waals surface area (Å²) in [6, 6.07) is 53.5. The van der Waals surface area contributed by atoms with Gasteiger partial charge in [0.1, 0.15) is 0 Å². The molecule has 0 bridgehead atoms. The van der Waals surface area contributed by atoms with Gasteiger partial charge in [0, 0.05) is 64.1 Å². The van der Waals surface area contributed by atoms with Gasteiger partial charge in [0.2, 0.25) is 0 Å². The van der Waals surface area contributed by atoms with E-state index in [1.54, 1.807) is 11.3 Å². The molecule has 226 valence electrons. The summed E-state index contributed by atoms with van der Waals surface area (Å²) in [5.41, 5.74) is 9.36. The molecule has 10 aromatic rings. The molecule has 6 heteroatoms. The average molecular weight is 635 g/mol. The average Bonchev–Trinajstić information content (AvgIpc) is 3.79. The highest BCUT2D eigenvalue weighted by Gasteiger charge is 2.22. The fourth-order valence-corrected chi connectivity index (χ4v) is 8.89. The number of hydrogen-bond donors (Lipinski definition) is 2. The number of hydrogen-bond acceptors (Lipinski definition) is 3. The van der Waals surface area contributed by atoms with Crippen molar-refractivity contribution >= 4 is 87.7 Å². The third-order valence-electron chi connectivity index (χ3n) is 9.72. The SMILES string of the molecule is OB(O)c1cc(-n2c3ccccc3c3cc(-c4cccc5c6ccccc6n(-c6ccccc6)c45)ccc32)cc2c1sc1ccccc12. The molecular formula is C42H27BN2O2S. The summed E-state index contributed by atoms with van der Waals surface area (Å²) >= 11 is 1.60. The van der Waals surface area contributed by atoms with Crippen LogP contribution in [0.1, 0.15) is 0 Å². The summed E-state index contributed by atoms with van der Waals surface area (Å²) < 4.78 is 6.67. The van der Waals surface area contributed by atoms with E-state index in [1.807, 2.05) is 18.2 Å². The van der Waals surface area contributed by atoms with Gasteiger partial charge in [-0.2, -0.15) is 0 Å². The Bertz CT molecular complexity index is 2880. The Hall–Kier alpha value is -5.66. The Morgan fingerprint density at radius 2 is 1.10 bits per heavy atom. The number of nitrogens with zero attached hydrogens (tertiary/aromatic N) is 2. The monoisotopic (exact) mass is 634 g/mol. The fraction of sp³-hybridized carbons (Fsp3) is 0. The van der Waals surface area contributed by atoms with Crippen molar-refractivity contribution < 1.29 is 10.0 Å². The van der Waals surface area contributed by atoms with E-state index in [2.05, 4.69) is 143 Å². The minimum atomic E-state index is -1.59. The molecule has 0 saturated carbocycles. The van der Waals surface area contributed by atoms with Crippen LogP contribution in [0.25, 0.3) is 86.3 Å². The van der Waals surface area contributed by atoms with Crippen LogP contribution in [0, 0.1) is 0 Å². The number of aromatic nitrogens is 2. The Morgan fingerprint density at radius 3 is 1.90 bits per heavy atom. The maximum atomic E-state index is 10.6. The van der Waals surface area contributed by atoms with Crippen LogP contribution >= 0.6 is 11.3 Å². The quantitative estimate of drug-likeness (QED) is 0.190. The number of thiophene rings is 1. The molecule has 3 aromatic heterocycles. The molecule has 0 amide bonds. The van der Waals surface area contributed by atoms with Gasteiger partial charge in [-0.15, -0.1) is 11.3 Å². The first-order valence-electron chi connectivity index (χ1n) is 16.1. The van der Waals surface area contributed by atoms with Gasteiger partial charge in [0.25, 0.3) is 0 Å². The molecule has 10 rings (SSSR count). The summed E-state index contributed by atoms with van der Waals surface area (Å²) in [7, 11) is -1.59. The van der Waals surface area contributed by atoms with Crippen LogP contribution in [0.2, 0.25) is 0 Å². The Morgan fingerprint density at radius 1 is 0.458 bits per heavy atom. The number of para-hydroxylation sites is 4. The standard InChI is InChI=1S/C42H27BN2O2S/c46-43(47)36-25-28(24-35-32-15-6-9-20-40(32)48-42(35)36)44-37-18-7-5-14-31(37)34-23-26(21-22-39(34)44)29-16-10-17-33-30-13-4-8-19-38(30)45(41(29)33)27-11-2-1-3-12-27/h1-25,46-47H. The van der Waals surface area contributed by atoms with Gasteiger partial charge in [0.05, 0.1) is 22.1 Å². The van der Waals surface area contributed by atoms with E-state index in [0.717, 1.165) is 58.9 Å². The second-order valence-electron chi connectivity index (χ2n) is 12.4. The van der Waals surface area contributed by atoms with Gasteiger partial charge < -0.3 is 19.2 Å². The molecule has 0 aliphatic heterocycles. The molecule has 3 heterocycles. The van der Waals surface area contributed by atoms with E-state index in [1.165, 1.54) is 27.4 Å². The highest BCUT2D eigenvalue weighted by atomic mass is 32.1. The minimum absolute atomic E-state index is 0.520. The van der Waals surface area contributed by atoms with Crippen LogP contribution < -0.4 is 5.46 Å². The van der Waals surface area contributed by atoms with Crippen molar-refractivity contribution in [2.45, 2.75) is 0 Å². The lowest BCUT2D eigenvalue weighted by molar-refractivity contribution is 0.426. The number of rotatable bonds is 4. The van der Waals surface area contributed by atoms with Crippen LogP contribution in [-0.2, 0) is 0 Å². The Kier molecular flexibility index (Phi) is 5.96. The maximum Gasteiger partial charge on any atom is 0.489 e. The molecule has 0 spiro atoms. The molecule has 0 aliphatic carbocycles. The van der Waals surface area contributed by atoms with E-state index in [-0.39, 0.29) is 0 Å². The summed E-state index contributed by atoms with van der Waals surface area (Å²) in [5, 5.41) is 28.0. The van der Waals surface area contributed by atoms with Gasteiger partial charge in [-0.05, 0) is 60.2 Å². The number of benzene rings is 7. The molecule has 0 saturated heterocycles. The van der Waals surface area contributed by atoms with Gasteiger partial charge >= 0.3 is 7.12 Å². The van der Waals surface area contributed by atoms with Crippen LogP contribution in [-0.4, -0.2) is 26.3 Å². The zero-order chi connectivity index (χ0) is 31.9. The van der Waals surface area contributed by atoms with Crippen molar-refractivity contribution in [2.75, 3.05) is 0 Å². The van der Waals surface area contributed by atoms with Crippen LogP contribution in [0.5, 0.6) is 0 Å².